The van der Waals surface area contributed by atoms with Gasteiger partial charge in [-0.1, -0.05) is 60.7 Å². The molecule has 0 saturated heterocycles. The van der Waals surface area contributed by atoms with Gasteiger partial charge in [0.25, 0.3) is 0 Å². The number of aromatic nitrogens is 4. The van der Waals surface area contributed by atoms with Crippen LogP contribution in [0.2, 0.25) is 0 Å². The molecule has 36 heavy (non-hydrogen) atoms. The van der Waals surface area contributed by atoms with Gasteiger partial charge in [-0.15, -0.1) is 0 Å². The van der Waals surface area contributed by atoms with Gasteiger partial charge in [0.05, 0.1) is 39.7 Å². The Morgan fingerprint density at radius 2 is 1.03 bits per heavy atom. The summed E-state index contributed by atoms with van der Waals surface area (Å²) in [4.78, 5) is 18.9. The molecule has 0 fully saturated rings. The Labute approximate surface area is 211 Å². The van der Waals surface area contributed by atoms with Gasteiger partial charge in [0.1, 0.15) is 6.07 Å². The van der Waals surface area contributed by atoms with Crippen LogP contribution in [0.4, 0.5) is 0 Å². The fraction of sp³-hybridized carbons (Fsp3) is 0.129. The van der Waals surface area contributed by atoms with Crippen LogP contribution in [0.3, 0.4) is 0 Å². The standard InChI is InChI=1S/C31H25N5/c1-19-17-33-21(3)30(35-19)28-25(23-11-7-5-8-12-23)15-26(24-13-9-6-10-14-24)29(27(28)16-32)31-22(4)34-18-20(2)36-31/h5-15,17-18H,1-4H3. The molecule has 0 aliphatic carbocycles. The first-order chi connectivity index (χ1) is 17.5. The molecule has 3 aromatic carbocycles. The van der Waals surface area contributed by atoms with Crippen LogP contribution in [-0.2, 0) is 0 Å². The second-order valence-electron chi connectivity index (χ2n) is 8.83. The molecule has 2 heterocycles. The number of hydrogen-bond acceptors (Lipinski definition) is 5. The first-order valence-electron chi connectivity index (χ1n) is 11.8. The van der Waals surface area contributed by atoms with Crippen LogP contribution in [0.15, 0.2) is 79.1 Å². The molecule has 174 valence electrons. The van der Waals surface area contributed by atoms with Gasteiger partial charge < -0.3 is 0 Å². The van der Waals surface area contributed by atoms with E-state index in [2.05, 4.69) is 46.4 Å². The maximum atomic E-state index is 10.7. The molecule has 0 spiro atoms. The third kappa shape index (κ3) is 4.14. The summed E-state index contributed by atoms with van der Waals surface area (Å²) in [6, 6.07) is 24.9. The molecular weight excluding hydrogens is 442 g/mol. The number of hydrogen-bond donors (Lipinski definition) is 0. The highest BCUT2D eigenvalue weighted by atomic mass is 14.8. The second kappa shape index (κ2) is 9.52. The van der Waals surface area contributed by atoms with E-state index in [-0.39, 0.29) is 0 Å². The SMILES string of the molecule is Cc1cnc(C)c(-c2c(-c3ccccc3)cc(-c3ccccc3)c(-c3nc(C)cnc3C)c2C#N)n1. The first kappa shape index (κ1) is 23.1. The minimum atomic E-state index is 0.515. The maximum absolute atomic E-state index is 10.7. The highest BCUT2D eigenvalue weighted by Crippen LogP contribution is 2.45. The quantitative estimate of drug-likeness (QED) is 0.283. The molecule has 0 unspecified atom stereocenters. The zero-order valence-corrected chi connectivity index (χ0v) is 20.7. The Morgan fingerprint density at radius 3 is 1.42 bits per heavy atom. The molecule has 0 atom stereocenters. The van der Waals surface area contributed by atoms with Crippen LogP contribution in [0, 0.1) is 39.0 Å². The topological polar surface area (TPSA) is 75.3 Å². The van der Waals surface area contributed by atoms with Crippen LogP contribution in [-0.4, -0.2) is 19.9 Å². The number of benzene rings is 3. The number of nitriles is 1. The lowest BCUT2D eigenvalue weighted by molar-refractivity contribution is 1.06. The van der Waals surface area contributed by atoms with E-state index in [0.717, 1.165) is 56.2 Å². The maximum Gasteiger partial charge on any atom is 0.101 e. The van der Waals surface area contributed by atoms with Gasteiger partial charge in [-0.25, -0.2) is 9.97 Å². The third-order valence-corrected chi connectivity index (χ3v) is 6.23. The van der Waals surface area contributed by atoms with Gasteiger partial charge in [-0.2, -0.15) is 5.26 Å². The van der Waals surface area contributed by atoms with Crippen molar-refractivity contribution in [3.63, 3.8) is 0 Å². The Morgan fingerprint density at radius 1 is 0.611 bits per heavy atom. The largest absolute Gasteiger partial charge is 0.257 e. The highest BCUT2D eigenvalue weighted by molar-refractivity contribution is 5.99. The lowest BCUT2D eigenvalue weighted by atomic mass is 9.83. The molecule has 5 aromatic rings. The first-order valence-corrected chi connectivity index (χ1v) is 11.8. The fourth-order valence-corrected chi connectivity index (χ4v) is 4.53. The molecular formula is C31H25N5. The number of aryl methyl sites for hydroxylation is 4. The van der Waals surface area contributed by atoms with Crippen LogP contribution in [0.1, 0.15) is 28.3 Å². The van der Waals surface area contributed by atoms with Crippen molar-refractivity contribution in [2.45, 2.75) is 27.7 Å². The van der Waals surface area contributed by atoms with Crippen molar-refractivity contribution in [1.29, 1.82) is 5.26 Å². The Bertz CT molecular complexity index is 1500. The molecule has 0 bridgehead atoms. The van der Waals surface area contributed by atoms with E-state index in [9.17, 15) is 5.26 Å². The minimum absolute atomic E-state index is 0.515. The predicted molar refractivity (Wildman–Crippen MR) is 143 cm³/mol. The second-order valence-corrected chi connectivity index (χ2v) is 8.83. The summed E-state index contributed by atoms with van der Waals surface area (Å²) in [5, 5.41) is 10.7. The third-order valence-electron chi connectivity index (χ3n) is 6.23. The summed E-state index contributed by atoms with van der Waals surface area (Å²) in [6.07, 6.45) is 3.50. The van der Waals surface area contributed by atoms with Crippen molar-refractivity contribution in [3.05, 3.63) is 107 Å². The normalized spacial score (nSPS) is 10.8. The van der Waals surface area contributed by atoms with Gasteiger partial charge >= 0.3 is 0 Å². The smallest absolute Gasteiger partial charge is 0.101 e. The fourth-order valence-electron chi connectivity index (χ4n) is 4.53. The summed E-state index contributed by atoms with van der Waals surface area (Å²) < 4.78 is 0. The van der Waals surface area contributed by atoms with E-state index in [4.69, 9.17) is 9.97 Å². The van der Waals surface area contributed by atoms with Crippen molar-refractivity contribution in [3.8, 4) is 50.8 Å². The summed E-state index contributed by atoms with van der Waals surface area (Å²) >= 11 is 0. The summed E-state index contributed by atoms with van der Waals surface area (Å²) in [7, 11) is 0. The van der Waals surface area contributed by atoms with Crippen molar-refractivity contribution in [1.82, 2.24) is 19.9 Å². The summed E-state index contributed by atoms with van der Waals surface area (Å²) in [5.74, 6) is 0. The molecule has 0 radical (unpaired) electrons. The molecule has 5 heteroatoms. The van der Waals surface area contributed by atoms with Gasteiger partial charge in [0.2, 0.25) is 0 Å². The molecule has 0 saturated carbocycles. The van der Waals surface area contributed by atoms with Crippen LogP contribution in [0.25, 0.3) is 44.8 Å². The lowest BCUT2D eigenvalue weighted by Crippen LogP contribution is -2.04. The lowest BCUT2D eigenvalue weighted by Gasteiger charge is -2.21. The zero-order valence-electron chi connectivity index (χ0n) is 20.7. The van der Waals surface area contributed by atoms with E-state index >= 15 is 0 Å². The van der Waals surface area contributed by atoms with E-state index < -0.39 is 0 Å². The van der Waals surface area contributed by atoms with Crippen molar-refractivity contribution >= 4 is 0 Å². The van der Waals surface area contributed by atoms with E-state index in [1.165, 1.54) is 0 Å². The van der Waals surface area contributed by atoms with E-state index in [1.807, 2.05) is 64.1 Å². The zero-order chi connectivity index (χ0) is 25.2. The Kier molecular flexibility index (Phi) is 6.10. The molecule has 0 amide bonds. The monoisotopic (exact) mass is 467 g/mol. The van der Waals surface area contributed by atoms with Gasteiger partial charge in [0.15, 0.2) is 0 Å². The highest BCUT2D eigenvalue weighted by Gasteiger charge is 2.26. The predicted octanol–water partition coefficient (Wildman–Crippen LogP) is 7.04. The van der Waals surface area contributed by atoms with Crippen molar-refractivity contribution in [2.24, 2.45) is 0 Å². The van der Waals surface area contributed by atoms with Crippen LogP contribution < -0.4 is 0 Å². The van der Waals surface area contributed by atoms with E-state index in [0.29, 0.717) is 17.0 Å². The Hall–Kier alpha value is -4.69. The number of rotatable bonds is 4. The van der Waals surface area contributed by atoms with Gasteiger partial charge in [0, 0.05) is 23.5 Å². The molecule has 5 nitrogen and oxygen atoms in total. The summed E-state index contributed by atoms with van der Waals surface area (Å²) in [5.41, 5.74) is 10.4. The number of nitrogens with zero attached hydrogens (tertiary/aromatic N) is 5. The summed E-state index contributed by atoms with van der Waals surface area (Å²) in [6.45, 7) is 7.69. The van der Waals surface area contributed by atoms with Gasteiger partial charge in [-0.05, 0) is 56.0 Å². The molecule has 0 N–H and O–H groups in total. The molecule has 0 aliphatic heterocycles. The van der Waals surface area contributed by atoms with Crippen molar-refractivity contribution in [2.75, 3.05) is 0 Å². The molecule has 0 aliphatic rings. The van der Waals surface area contributed by atoms with Gasteiger partial charge in [-0.3, -0.25) is 9.97 Å². The van der Waals surface area contributed by atoms with Crippen LogP contribution >= 0.6 is 0 Å². The van der Waals surface area contributed by atoms with E-state index in [1.54, 1.807) is 12.4 Å². The van der Waals surface area contributed by atoms with Crippen molar-refractivity contribution < 1.29 is 0 Å². The average molecular weight is 468 g/mol. The average Bonchev–Trinajstić information content (AvgIpc) is 2.91. The molecule has 2 aromatic heterocycles. The molecule has 5 rings (SSSR count). The Balaban J connectivity index is 2.02. The van der Waals surface area contributed by atoms with Crippen LogP contribution in [0.5, 0.6) is 0 Å². The minimum Gasteiger partial charge on any atom is -0.257 e.